The first-order chi connectivity index (χ1) is 8.68. The molecule has 0 radical (unpaired) electrons. The maximum Gasteiger partial charge on any atom is 0.320 e. The monoisotopic (exact) mass is 257 g/mol. The van der Waals surface area contributed by atoms with Gasteiger partial charge in [-0.25, -0.2) is 0 Å². The predicted molar refractivity (Wildman–Crippen MR) is 76.7 cm³/mol. The third-order valence-corrected chi connectivity index (χ3v) is 3.44. The van der Waals surface area contributed by atoms with Gasteiger partial charge in [0.1, 0.15) is 6.04 Å². The van der Waals surface area contributed by atoms with Crippen LogP contribution >= 0.6 is 0 Å². The van der Waals surface area contributed by atoms with Gasteiger partial charge < -0.3 is 10.8 Å². The highest BCUT2D eigenvalue weighted by Gasteiger charge is 2.09. The van der Waals surface area contributed by atoms with Gasteiger partial charge in [-0.1, -0.05) is 77.6 Å². The second-order valence-corrected chi connectivity index (χ2v) is 5.27. The van der Waals surface area contributed by atoms with E-state index in [-0.39, 0.29) is 0 Å². The molecular weight excluding hydrogens is 226 g/mol. The fourth-order valence-electron chi connectivity index (χ4n) is 2.15. The minimum Gasteiger partial charge on any atom is -0.480 e. The van der Waals surface area contributed by atoms with Crippen LogP contribution in [-0.2, 0) is 4.79 Å². The van der Waals surface area contributed by atoms with Crippen molar-refractivity contribution < 1.29 is 9.90 Å². The standard InChI is InChI=1S/C15H31NO2/c1-2-3-4-5-6-7-8-9-10-11-12-13-14(16)15(17)18/h14H,2-13,16H2,1H3,(H,17,18)/t14-/m1/s1. The average molecular weight is 257 g/mol. The molecule has 0 spiro atoms. The van der Waals surface area contributed by atoms with Gasteiger partial charge in [-0.2, -0.15) is 0 Å². The first-order valence-corrected chi connectivity index (χ1v) is 7.67. The lowest BCUT2D eigenvalue weighted by Crippen LogP contribution is -2.29. The highest BCUT2D eigenvalue weighted by atomic mass is 16.4. The van der Waals surface area contributed by atoms with Crippen molar-refractivity contribution in [3.8, 4) is 0 Å². The smallest absolute Gasteiger partial charge is 0.320 e. The van der Waals surface area contributed by atoms with Crippen LogP contribution in [0.15, 0.2) is 0 Å². The fraction of sp³-hybridized carbons (Fsp3) is 0.933. The molecule has 0 saturated heterocycles. The van der Waals surface area contributed by atoms with Crippen molar-refractivity contribution in [2.75, 3.05) is 0 Å². The summed E-state index contributed by atoms with van der Waals surface area (Å²) < 4.78 is 0. The number of hydrogen-bond donors (Lipinski definition) is 2. The second kappa shape index (κ2) is 12.9. The number of carboxylic acid groups (broad SMARTS) is 1. The van der Waals surface area contributed by atoms with Gasteiger partial charge in [-0.3, -0.25) is 4.79 Å². The fourth-order valence-corrected chi connectivity index (χ4v) is 2.15. The third kappa shape index (κ3) is 11.9. The van der Waals surface area contributed by atoms with E-state index in [1.165, 1.54) is 57.8 Å². The van der Waals surface area contributed by atoms with Gasteiger partial charge in [0.15, 0.2) is 0 Å². The van der Waals surface area contributed by atoms with Crippen molar-refractivity contribution in [2.24, 2.45) is 5.73 Å². The Morgan fingerprint density at radius 1 is 0.889 bits per heavy atom. The van der Waals surface area contributed by atoms with Crippen molar-refractivity contribution in [3.05, 3.63) is 0 Å². The van der Waals surface area contributed by atoms with Crippen LogP contribution < -0.4 is 5.73 Å². The molecule has 0 fully saturated rings. The minimum absolute atomic E-state index is 0.617. The van der Waals surface area contributed by atoms with E-state index in [0.29, 0.717) is 6.42 Å². The number of carbonyl (C=O) groups is 1. The van der Waals surface area contributed by atoms with Gasteiger partial charge in [0.25, 0.3) is 0 Å². The molecule has 0 bridgehead atoms. The number of aliphatic carboxylic acids is 1. The van der Waals surface area contributed by atoms with Gasteiger partial charge in [0.05, 0.1) is 0 Å². The van der Waals surface area contributed by atoms with Gasteiger partial charge in [0.2, 0.25) is 0 Å². The number of nitrogens with two attached hydrogens (primary N) is 1. The molecule has 0 unspecified atom stereocenters. The zero-order chi connectivity index (χ0) is 13.6. The molecule has 1 atom stereocenters. The number of rotatable bonds is 13. The number of hydrogen-bond acceptors (Lipinski definition) is 2. The van der Waals surface area contributed by atoms with E-state index in [1.807, 2.05) is 0 Å². The number of carboxylic acids is 1. The molecule has 108 valence electrons. The van der Waals surface area contributed by atoms with E-state index in [2.05, 4.69) is 6.92 Å². The molecule has 0 saturated carbocycles. The highest BCUT2D eigenvalue weighted by molar-refractivity contribution is 5.72. The Hall–Kier alpha value is -0.570. The Morgan fingerprint density at radius 2 is 1.28 bits per heavy atom. The minimum atomic E-state index is -0.873. The molecule has 3 nitrogen and oxygen atoms in total. The summed E-state index contributed by atoms with van der Waals surface area (Å²) in [4.78, 5) is 10.5. The van der Waals surface area contributed by atoms with Gasteiger partial charge in [-0.05, 0) is 6.42 Å². The molecule has 0 aromatic rings. The molecule has 18 heavy (non-hydrogen) atoms. The first kappa shape index (κ1) is 17.4. The van der Waals surface area contributed by atoms with E-state index < -0.39 is 12.0 Å². The Labute approximate surface area is 112 Å². The van der Waals surface area contributed by atoms with Crippen LogP contribution in [0.1, 0.15) is 84.0 Å². The van der Waals surface area contributed by atoms with Crippen LogP contribution in [-0.4, -0.2) is 17.1 Å². The number of unbranched alkanes of at least 4 members (excludes halogenated alkanes) is 10. The summed E-state index contributed by atoms with van der Waals surface area (Å²) in [5.74, 6) is -0.873. The van der Waals surface area contributed by atoms with Crippen molar-refractivity contribution in [3.63, 3.8) is 0 Å². The zero-order valence-electron chi connectivity index (χ0n) is 12.0. The predicted octanol–water partition coefficient (Wildman–Crippen LogP) is 4.10. The van der Waals surface area contributed by atoms with Crippen LogP contribution in [0.25, 0.3) is 0 Å². The van der Waals surface area contributed by atoms with Crippen LogP contribution in [0, 0.1) is 0 Å². The summed E-state index contributed by atoms with van der Waals surface area (Å²) in [7, 11) is 0. The molecular formula is C15H31NO2. The normalized spacial score (nSPS) is 12.6. The summed E-state index contributed by atoms with van der Waals surface area (Å²) in [6, 6.07) is -0.663. The largest absolute Gasteiger partial charge is 0.480 e. The molecule has 0 amide bonds. The van der Waals surface area contributed by atoms with Gasteiger partial charge >= 0.3 is 5.97 Å². The lowest BCUT2D eigenvalue weighted by molar-refractivity contribution is -0.138. The quantitative estimate of drug-likeness (QED) is 0.488. The van der Waals surface area contributed by atoms with Gasteiger partial charge in [-0.15, -0.1) is 0 Å². The van der Waals surface area contributed by atoms with E-state index in [1.54, 1.807) is 0 Å². The Balaban J connectivity index is 3.05. The van der Waals surface area contributed by atoms with E-state index in [0.717, 1.165) is 12.8 Å². The van der Waals surface area contributed by atoms with E-state index in [4.69, 9.17) is 10.8 Å². The maximum atomic E-state index is 10.5. The highest BCUT2D eigenvalue weighted by Crippen LogP contribution is 2.12. The molecule has 0 rings (SSSR count). The molecule has 0 aliphatic rings. The van der Waals surface area contributed by atoms with Crippen LogP contribution in [0.4, 0.5) is 0 Å². The van der Waals surface area contributed by atoms with Crippen molar-refractivity contribution in [1.29, 1.82) is 0 Å². The molecule has 3 heteroatoms. The summed E-state index contributed by atoms with van der Waals surface area (Å²) >= 11 is 0. The average Bonchev–Trinajstić information content (AvgIpc) is 2.35. The van der Waals surface area contributed by atoms with Crippen LogP contribution in [0.3, 0.4) is 0 Å². The lowest BCUT2D eigenvalue weighted by Gasteiger charge is -2.05. The molecule has 0 aliphatic carbocycles. The molecule has 0 aromatic carbocycles. The maximum absolute atomic E-state index is 10.5. The van der Waals surface area contributed by atoms with Crippen molar-refractivity contribution in [2.45, 2.75) is 90.0 Å². The Kier molecular flexibility index (Phi) is 12.5. The SMILES string of the molecule is CCCCCCCCCCCCC[C@@H](N)C(=O)O. The molecule has 0 heterocycles. The zero-order valence-corrected chi connectivity index (χ0v) is 12.0. The molecule has 3 N–H and O–H groups in total. The van der Waals surface area contributed by atoms with Crippen LogP contribution in [0.5, 0.6) is 0 Å². The summed E-state index contributed by atoms with van der Waals surface area (Å²) in [5.41, 5.74) is 5.44. The van der Waals surface area contributed by atoms with Crippen molar-refractivity contribution in [1.82, 2.24) is 0 Å². The van der Waals surface area contributed by atoms with E-state index in [9.17, 15) is 4.79 Å². The summed E-state index contributed by atoms with van der Waals surface area (Å²) in [6.45, 7) is 2.25. The second-order valence-electron chi connectivity index (χ2n) is 5.27. The lowest BCUT2D eigenvalue weighted by atomic mass is 10.0. The summed E-state index contributed by atoms with van der Waals surface area (Å²) in [5, 5.41) is 8.62. The van der Waals surface area contributed by atoms with Crippen molar-refractivity contribution >= 4 is 5.97 Å². The Bertz CT molecular complexity index is 195. The molecule has 0 aromatic heterocycles. The molecule has 0 aliphatic heterocycles. The topological polar surface area (TPSA) is 63.3 Å². The Morgan fingerprint density at radius 3 is 1.67 bits per heavy atom. The van der Waals surface area contributed by atoms with E-state index >= 15 is 0 Å². The van der Waals surface area contributed by atoms with Gasteiger partial charge in [0, 0.05) is 0 Å². The third-order valence-electron chi connectivity index (χ3n) is 3.44. The van der Waals surface area contributed by atoms with Crippen LogP contribution in [0.2, 0.25) is 0 Å². The first-order valence-electron chi connectivity index (χ1n) is 7.67. The summed E-state index contributed by atoms with van der Waals surface area (Å²) in [6.07, 6.45) is 14.7.